The molecule has 0 saturated carbocycles. The van der Waals surface area contributed by atoms with Crippen LogP contribution in [-0.4, -0.2) is 97.0 Å². The number of amides is 2. The Kier molecular flexibility index (Phi) is 11.0. The third kappa shape index (κ3) is 8.10. The van der Waals surface area contributed by atoms with Gasteiger partial charge in [0.1, 0.15) is 36.6 Å². The first-order valence-corrected chi connectivity index (χ1v) is 13.0. The van der Waals surface area contributed by atoms with Crippen molar-refractivity contribution in [2.24, 2.45) is 0 Å². The number of carbonyl (C=O) groups is 2. The maximum atomic E-state index is 14.0. The Labute approximate surface area is 239 Å². The molecule has 0 radical (unpaired) electrons. The van der Waals surface area contributed by atoms with E-state index in [1.807, 2.05) is 0 Å². The van der Waals surface area contributed by atoms with Crippen LogP contribution in [0.3, 0.4) is 0 Å². The molecule has 13 nitrogen and oxygen atoms in total. The van der Waals surface area contributed by atoms with Crippen LogP contribution in [0.15, 0.2) is 48.5 Å². The highest BCUT2D eigenvalue weighted by atomic mass is 19.1. The van der Waals surface area contributed by atoms with Crippen LogP contribution in [-0.2, 0) is 28.4 Å². The first-order chi connectivity index (χ1) is 20.2. The van der Waals surface area contributed by atoms with E-state index in [0.717, 1.165) is 12.1 Å². The number of benzene rings is 2. The number of hydrogen-bond donors (Lipinski definition) is 5. The summed E-state index contributed by atoms with van der Waals surface area (Å²) < 4.78 is 60.8. The Morgan fingerprint density at radius 3 is 2.00 bits per heavy atom. The van der Waals surface area contributed by atoms with Crippen molar-refractivity contribution in [3.63, 3.8) is 0 Å². The van der Waals surface area contributed by atoms with Crippen molar-refractivity contribution in [2.45, 2.75) is 62.0 Å². The zero-order valence-electron chi connectivity index (χ0n) is 22.4. The van der Waals surface area contributed by atoms with Crippen LogP contribution in [0.2, 0.25) is 0 Å². The third-order valence-corrected chi connectivity index (χ3v) is 6.61. The smallest absolute Gasteiger partial charge is 0.412 e. The summed E-state index contributed by atoms with van der Waals surface area (Å²) in [7, 11) is 1.38. The number of para-hydroxylation sites is 2. The molecule has 0 aliphatic carbocycles. The Morgan fingerprint density at radius 1 is 0.857 bits per heavy atom. The highest BCUT2D eigenvalue weighted by molar-refractivity contribution is 5.85. The summed E-state index contributed by atoms with van der Waals surface area (Å²) in [6.07, 6.45) is -11.9. The summed E-state index contributed by atoms with van der Waals surface area (Å²) in [4.78, 5) is 25.0. The van der Waals surface area contributed by atoms with E-state index < -0.39 is 86.2 Å². The minimum Gasteiger partial charge on any atom is -0.446 e. The molecule has 2 saturated heterocycles. The zero-order valence-corrected chi connectivity index (χ0v) is 22.4. The molecule has 230 valence electrons. The molecule has 8 atom stereocenters. The molecule has 2 aliphatic heterocycles. The quantitative estimate of drug-likeness (QED) is 0.286. The zero-order chi connectivity index (χ0) is 30.2. The van der Waals surface area contributed by atoms with Gasteiger partial charge in [-0.1, -0.05) is 24.3 Å². The molecule has 6 unspecified atom stereocenters. The van der Waals surface area contributed by atoms with Crippen molar-refractivity contribution in [2.75, 3.05) is 31.0 Å². The van der Waals surface area contributed by atoms with Crippen LogP contribution in [0.4, 0.5) is 29.7 Å². The molecule has 2 amide bonds. The molecule has 2 fully saturated rings. The normalized spacial score (nSPS) is 29.4. The number of nitrogens with one attached hydrogen (secondary N) is 2. The minimum atomic E-state index is -1.45. The van der Waals surface area contributed by atoms with Crippen molar-refractivity contribution in [3.8, 4) is 0 Å². The Morgan fingerprint density at radius 2 is 1.40 bits per heavy atom. The number of aliphatic hydroxyl groups is 3. The Balaban J connectivity index is 1.45. The number of aliphatic hydroxyl groups excluding tert-OH is 3. The third-order valence-electron chi connectivity index (χ3n) is 6.61. The van der Waals surface area contributed by atoms with Gasteiger partial charge in [0.05, 0.1) is 30.2 Å². The molecule has 42 heavy (non-hydrogen) atoms. The SMILES string of the molecule is COC1CC(O)[C@H](OC2CC(O)[C@H](OC(=O)Nc3ccccc3F)C(COC(=O)Nc3ccccc3F)O2)C(CO)O1. The molecule has 2 aliphatic rings. The number of ether oxygens (including phenoxy) is 6. The van der Waals surface area contributed by atoms with E-state index in [4.69, 9.17) is 28.4 Å². The van der Waals surface area contributed by atoms with Crippen LogP contribution in [0.25, 0.3) is 0 Å². The van der Waals surface area contributed by atoms with Gasteiger partial charge in [-0.2, -0.15) is 0 Å². The molecule has 0 spiro atoms. The number of hydrogen-bond acceptors (Lipinski definition) is 11. The number of halogens is 2. The maximum absolute atomic E-state index is 14.0. The largest absolute Gasteiger partial charge is 0.446 e. The lowest BCUT2D eigenvalue weighted by Crippen LogP contribution is -2.57. The fraction of sp³-hybridized carbons (Fsp3) is 0.481. The van der Waals surface area contributed by atoms with Gasteiger partial charge in [-0.05, 0) is 24.3 Å². The van der Waals surface area contributed by atoms with E-state index in [0.29, 0.717) is 0 Å². The number of methoxy groups -OCH3 is 1. The summed E-state index contributed by atoms with van der Waals surface area (Å²) in [6.45, 7) is -1.13. The topological polar surface area (TPSA) is 174 Å². The van der Waals surface area contributed by atoms with E-state index in [1.165, 1.54) is 43.5 Å². The average molecular weight is 599 g/mol. The van der Waals surface area contributed by atoms with Crippen LogP contribution in [0.1, 0.15) is 12.8 Å². The van der Waals surface area contributed by atoms with E-state index in [1.54, 1.807) is 0 Å². The van der Waals surface area contributed by atoms with Gasteiger partial charge in [-0.3, -0.25) is 10.6 Å². The molecule has 4 rings (SSSR count). The van der Waals surface area contributed by atoms with Crippen LogP contribution in [0.5, 0.6) is 0 Å². The lowest BCUT2D eigenvalue weighted by Gasteiger charge is -2.43. The molecular weight excluding hydrogens is 566 g/mol. The number of rotatable bonds is 9. The molecule has 2 aromatic rings. The van der Waals surface area contributed by atoms with Gasteiger partial charge in [-0.25, -0.2) is 18.4 Å². The highest BCUT2D eigenvalue weighted by Crippen LogP contribution is 2.30. The fourth-order valence-corrected chi connectivity index (χ4v) is 4.53. The van der Waals surface area contributed by atoms with Gasteiger partial charge < -0.3 is 43.7 Å². The Hall–Kier alpha value is -3.44. The molecule has 2 heterocycles. The monoisotopic (exact) mass is 598 g/mol. The van der Waals surface area contributed by atoms with Crippen molar-refractivity contribution in [3.05, 3.63) is 60.2 Å². The highest BCUT2D eigenvalue weighted by Gasteiger charge is 2.46. The molecule has 0 bridgehead atoms. The van der Waals surface area contributed by atoms with Crippen molar-refractivity contribution < 1.29 is 62.1 Å². The van der Waals surface area contributed by atoms with Gasteiger partial charge >= 0.3 is 12.2 Å². The van der Waals surface area contributed by atoms with Gasteiger partial charge in [-0.15, -0.1) is 0 Å². The second-order valence-electron chi connectivity index (χ2n) is 9.51. The molecule has 0 aromatic heterocycles. The van der Waals surface area contributed by atoms with E-state index in [9.17, 15) is 33.7 Å². The van der Waals surface area contributed by atoms with E-state index in [2.05, 4.69) is 10.6 Å². The second-order valence-corrected chi connectivity index (χ2v) is 9.51. The summed E-state index contributed by atoms with van der Waals surface area (Å²) in [5.74, 6) is -1.43. The molecule has 2 aromatic carbocycles. The van der Waals surface area contributed by atoms with Crippen LogP contribution >= 0.6 is 0 Å². The molecule has 5 N–H and O–H groups in total. The number of anilines is 2. The Bertz CT molecular complexity index is 1210. The lowest BCUT2D eigenvalue weighted by molar-refractivity contribution is -0.317. The maximum Gasteiger partial charge on any atom is 0.412 e. The van der Waals surface area contributed by atoms with Gasteiger partial charge in [0.2, 0.25) is 0 Å². The van der Waals surface area contributed by atoms with Crippen molar-refractivity contribution in [1.29, 1.82) is 0 Å². The van der Waals surface area contributed by atoms with E-state index >= 15 is 0 Å². The summed E-state index contributed by atoms with van der Waals surface area (Å²) in [5.41, 5.74) is -0.330. The van der Waals surface area contributed by atoms with Gasteiger partial charge in [0.25, 0.3) is 0 Å². The standard InChI is InChI=1S/C27H32F2N2O11/c1-37-22-10-18(33)24(20(12-32)39-22)41-23-11-19(34)25(42-27(36)31-17-9-5-3-7-15(17)29)21(40-23)13-38-26(35)30-16-8-4-2-6-14(16)28/h2-9,18-25,32-34H,10-13H2,1H3,(H,30,35)(H,31,36)/t18?,19?,20?,21?,22?,23?,24-,25-/m0/s1. The summed E-state index contributed by atoms with van der Waals surface area (Å²) in [5, 5.41) is 35.7. The molecule has 15 heteroatoms. The second kappa shape index (κ2) is 14.6. The predicted molar refractivity (Wildman–Crippen MR) is 139 cm³/mol. The fourth-order valence-electron chi connectivity index (χ4n) is 4.53. The molecular formula is C27H32F2N2O11. The first-order valence-electron chi connectivity index (χ1n) is 13.0. The lowest BCUT2D eigenvalue weighted by atomic mass is 9.99. The first kappa shape index (κ1) is 31.5. The minimum absolute atomic E-state index is 0.0254. The van der Waals surface area contributed by atoms with Crippen LogP contribution < -0.4 is 10.6 Å². The van der Waals surface area contributed by atoms with Crippen molar-refractivity contribution >= 4 is 23.6 Å². The van der Waals surface area contributed by atoms with Gasteiger partial charge in [0, 0.05) is 20.0 Å². The van der Waals surface area contributed by atoms with Crippen LogP contribution in [0, 0.1) is 11.6 Å². The average Bonchev–Trinajstić information content (AvgIpc) is 2.96. The van der Waals surface area contributed by atoms with Gasteiger partial charge in [0.15, 0.2) is 18.7 Å². The number of carbonyl (C=O) groups excluding carboxylic acids is 2. The van der Waals surface area contributed by atoms with Crippen molar-refractivity contribution in [1.82, 2.24) is 0 Å². The predicted octanol–water partition coefficient (Wildman–Crippen LogP) is 2.11. The summed E-state index contributed by atoms with van der Waals surface area (Å²) in [6, 6.07) is 10.7. The summed E-state index contributed by atoms with van der Waals surface area (Å²) >= 11 is 0. The van der Waals surface area contributed by atoms with E-state index in [-0.39, 0.29) is 24.2 Å².